The molecule has 1 saturated heterocycles. The Labute approximate surface area is 146 Å². The van der Waals surface area contributed by atoms with Crippen molar-refractivity contribution in [1.82, 2.24) is 14.8 Å². The maximum absolute atomic E-state index is 13.1. The Morgan fingerprint density at radius 3 is 2.48 bits per heavy atom. The summed E-state index contributed by atoms with van der Waals surface area (Å²) >= 11 is 0. The van der Waals surface area contributed by atoms with Crippen LogP contribution in [0.15, 0.2) is 12.1 Å². The van der Waals surface area contributed by atoms with Crippen LogP contribution in [0, 0.1) is 12.8 Å². The third-order valence-electron chi connectivity index (χ3n) is 5.16. The van der Waals surface area contributed by atoms with E-state index < -0.39 is 6.55 Å². The molecule has 1 aliphatic heterocycles. The van der Waals surface area contributed by atoms with Crippen molar-refractivity contribution in [3.8, 4) is 0 Å². The van der Waals surface area contributed by atoms with Gasteiger partial charge in [0.15, 0.2) is 0 Å². The molecular formula is C18H25F2N3O2. The van der Waals surface area contributed by atoms with Gasteiger partial charge in [0.1, 0.15) is 5.69 Å². The number of alkyl halides is 2. The number of aryl methyl sites for hydroxylation is 1. The van der Waals surface area contributed by atoms with Crippen molar-refractivity contribution in [2.45, 2.75) is 58.0 Å². The molecule has 5 nitrogen and oxygen atoms in total. The van der Waals surface area contributed by atoms with E-state index in [1.807, 2.05) is 0 Å². The molecule has 0 atom stereocenters. The minimum atomic E-state index is -2.71. The number of carbonyl (C=O) groups excluding carboxylic acids is 2. The first kappa shape index (κ1) is 17.9. The topological polar surface area (TPSA) is 54.3 Å². The van der Waals surface area contributed by atoms with Gasteiger partial charge in [-0.1, -0.05) is 0 Å². The highest BCUT2D eigenvalue weighted by molar-refractivity contribution is 5.93. The molecule has 1 aliphatic carbocycles. The first-order chi connectivity index (χ1) is 12.0. The molecule has 2 fully saturated rings. The van der Waals surface area contributed by atoms with E-state index in [9.17, 15) is 18.4 Å². The molecule has 0 aromatic carbocycles. The van der Waals surface area contributed by atoms with Gasteiger partial charge in [0.05, 0.1) is 0 Å². The van der Waals surface area contributed by atoms with Gasteiger partial charge in [-0.25, -0.2) is 0 Å². The number of hydrogen-bond donors (Lipinski definition) is 1. The van der Waals surface area contributed by atoms with Crippen molar-refractivity contribution in [3.63, 3.8) is 0 Å². The normalized spacial score (nSPS) is 18.6. The highest BCUT2D eigenvalue weighted by Crippen LogP contribution is 2.26. The molecule has 1 aromatic heterocycles. The van der Waals surface area contributed by atoms with E-state index in [2.05, 4.69) is 5.32 Å². The predicted octanol–water partition coefficient (Wildman–Crippen LogP) is 3.10. The molecule has 2 amide bonds. The molecule has 138 valence electrons. The highest BCUT2D eigenvalue weighted by Gasteiger charge is 2.28. The average Bonchev–Trinajstić information content (AvgIpc) is 3.31. The monoisotopic (exact) mass is 353 g/mol. The molecule has 1 saturated carbocycles. The Balaban J connectivity index is 1.48. The lowest BCUT2D eigenvalue weighted by Gasteiger charge is -2.32. The molecule has 0 bridgehead atoms. The summed E-state index contributed by atoms with van der Waals surface area (Å²) in [5, 5.41) is 2.98. The lowest BCUT2D eigenvalue weighted by molar-refractivity contribution is -0.121. The molecule has 7 heteroatoms. The second kappa shape index (κ2) is 7.54. The van der Waals surface area contributed by atoms with Gasteiger partial charge in [-0.3, -0.25) is 14.2 Å². The van der Waals surface area contributed by atoms with Gasteiger partial charge in [-0.15, -0.1) is 0 Å². The average molecular weight is 353 g/mol. The van der Waals surface area contributed by atoms with E-state index in [0.717, 1.165) is 36.7 Å². The van der Waals surface area contributed by atoms with Crippen molar-refractivity contribution in [2.75, 3.05) is 13.1 Å². The SMILES string of the molecule is Cc1ccc(C(=O)N2CCC(CCC(=O)NC3CC3)CC2)n1C(F)F. The van der Waals surface area contributed by atoms with E-state index in [1.165, 1.54) is 6.07 Å². The number of rotatable bonds is 6. The van der Waals surface area contributed by atoms with Gasteiger partial charge in [0.2, 0.25) is 5.91 Å². The third-order valence-corrected chi connectivity index (χ3v) is 5.16. The van der Waals surface area contributed by atoms with E-state index >= 15 is 0 Å². The second-order valence-electron chi connectivity index (χ2n) is 7.12. The number of halogens is 2. The van der Waals surface area contributed by atoms with Gasteiger partial charge >= 0.3 is 6.55 Å². The number of nitrogens with one attached hydrogen (secondary N) is 1. The molecule has 3 rings (SSSR count). The van der Waals surface area contributed by atoms with Crippen LogP contribution in [0.5, 0.6) is 0 Å². The van der Waals surface area contributed by atoms with Crippen molar-refractivity contribution in [1.29, 1.82) is 0 Å². The smallest absolute Gasteiger partial charge is 0.319 e. The summed E-state index contributed by atoms with van der Waals surface area (Å²) in [6.07, 6.45) is 5.17. The van der Waals surface area contributed by atoms with Crippen LogP contribution < -0.4 is 5.32 Å². The van der Waals surface area contributed by atoms with E-state index in [4.69, 9.17) is 0 Å². The fraction of sp³-hybridized carbons (Fsp3) is 0.667. The van der Waals surface area contributed by atoms with Gasteiger partial charge in [-0.2, -0.15) is 8.78 Å². The molecule has 1 aromatic rings. The van der Waals surface area contributed by atoms with Crippen LogP contribution in [-0.2, 0) is 4.79 Å². The zero-order chi connectivity index (χ0) is 18.0. The second-order valence-corrected chi connectivity index (χ2v) is 7.12. The maximum Gasteiger partial charge on any atom is 0.319 e. The van der Waals surface area contributed by atoms with Crippen molar-refractivity contribution >= 4 is 11.8 Å². The predicted molar refractivity (Wildman–Crippen MR) is 89.4 cm³/mol. The van der Waals surface area contributed by atoms with Crippen LogP contribution in [0.4, 0.5) is 8.78 Å². The summed E-state index contributed by atoms with van der Waals surface area (Å²) in [6.45, 7) is -0.0268. The van der Waals surface area contributed by atoms with Gasteiger partial charge < -0.3 is 10.2 Å². The number of hydrogen-bond acceptors (Lipinski definition) is 2. The van der Waals surface area contributed by atoms with Crippen molar-refractivity contribution < 1.29 is 18.4 Å². The third kappa shape index (κ3) is 4.38. The summed E-state index contributed by atoms with van der Waals surface area (Å²) in [4.78, 5) is 25.9. The lowest BCUT2D eigenvalue weighted by Crippen LogP contribution is -2.39. The van der Waals surface area contributed by atoms with Gasteiger partial charge in [0, 0.05) is 31.2 Å². The molecule has 25 heavy (non-hydrogen) atoms. The Hall–Kier alpha value is -1.92. The molecule has 0 unspecified atom stereocenters. The van der Waals surface area contributed by atoms with E-state index in [1.54, 1.807) is 17.9 Å². The number of likely N-dealkylation sites (tertiary alicyclic amines) is 1. The summed E-state index contributed by atoms with van der Waals surface area (Å²) in [7, 11) is 0. The quantitative estimate of drug-likeness (QED) is 0.854. The molecule has 2 aliphatic rings. The van der Waals surface area contributed by atoms with Crippen LogP contribution in [-0.4, -0.2) is 40.4 Å². The first-order valence-corrected chi connectivity index (χ1v) is 9.00. The number of nitrogens with zero attached hydrogens (tertiary/aromatic N) is 2. The molecule has 1 N–H and O–H groups in total. The molecule has 0 spiro atoms. The molecular weight excluding hydrogens is 328 g/mol. The molecule has 0 radical (unpaired) electrons. The van der Waals surface area contributed by atoms with Crippen LogP contribution in [0.2, 0.25) is 0 Å². The van der Waals surface area contributed by atoms with E-state index in [-0.39, 0.29) is 17.5 Å². The van der Waals surface area contributed by atoms with Crippen LogP contribution >= 0.6 is 0 Å². The summed E-state index contributed by atoms with van der Waals surface area (Å²) in [5.74, 6) is 0.196. The number of carbonyl (C=O) groups is 2. The Morgan fingerprint density at radius 1 is 1.20 bits per heavy atom. The Bertz CT molecular complexity index is 632. The van der Waals surface area contributed by atoms with Crippen molar-refractivity contribution in [3.05, 3.63) is 23.5 Å². The number of aromatic nitrogens is 1. The zero-order valence-corrected chi connectivity index (χ0v) is 14.5. The standard InChI is InChI=1S/C18H25F2N3O2/c1-12-2-6-15(23(12)18(19)20)17(25)22-10-8-13(9-11-22)3-7-16(24)21-14-4-5-14/h2,6,13-14,18H,3-5,7-11H2,1H3,(H,21,24). The molecule has 2 heterocycles. The van der Waals surface area contributed by atoms with Crippen molar-refractivity contribution in [2.24, 2.45) is 5.92 Å². The highest BCUT2D eigenvalue weighted by atomic mass is 19.3. The van der Waals surface area contributed by atoms with Crippen LogP contribution in [0.1, 0.15) is 61.3 Å². The Kier molecular flexibility index (Phi) is 5.39. The zero-order valence-electron chi connectivity index (χ0n) is 14.5. The Morgan fingerprint density at radius 2 is 1.88 bits per heavy atom. The van der Waals surface area contributed by atoms with Crippen LogP contribution in [0.25, 0.3) is 0 Å². The summed E-state index contributed by atoms with van der Waals surface area (Å²) < 4.78 is 27.1. The maximum atomic E-state index is 13.1. The van der Waals surface area contributed by atoms with Gasteiger partial charge in [0.25, 0.3) is 5.91 Å². The largest absolute Gasteiger partial charge is 0.353 e. The first-order valence-electron chi connectivity index (χ1n) is 9.00. The minimum Gasteiger partial charge on any atom is -0.353 e. The lowest BCUT2D eigenvalue weighted by atomic mass is 9.92. The van der Waals surface area contributed by atoms with Crippen LogP contribution in [0.3, 0.4) is 0 Å². The fourth-order valence-corrected chi connectivity index (χ4v) is 3.43. The summed E-state index contributed by atoms with van der Waals surface area (Å²) in [6, 6.07) is 3.41. The minimum absolute atomic E-state index is 0.0507. The van der Waals surface area contributed by atoms with Gasteiger partial charge in [-0.05, 0) is 57.1 Å². The summed E-state index contributed by atoms with van der Waals surface area (Å²) in [5.41, 5.74) is 0.435. The number of amides is 2. The number of piperidine rings is 1. The fourth-order valence-electron chi connectivity index (χ4n) is 3.43. The van der Waals surface area contributed by atoms with E-state index in [0.29, 0.717) is 37.2 Å².